The summed E-state index contributed by atoms with van der Waals surface area (Å²) in [5.74, 6) is -0.489. The molecule has 4 heteroatoms. The SMILES string of the molecule is Cc1ccc(C(C)Nc2ccc(C#N)c(F)c2)s1. The second kappa shape index (κ2) is 5.19. The molecule has 1 unspecified atom stereocenters. The summed E-state index contributed by atoms with van der Waals surface area (Å²) >= 11 is 1.72. The van der Waals surface area contributed by atoms with E-state index in [1.165, 1.54) is 21.9 Å². The van der Waals surface area contributed by atoms with E-state index in [1.807, 2.05) is 13.0 Å². The van der Waals surface area contributed by atoms with Gasteiger partial charge < -0.3 is 5.32 Å². The van der Waals surface area contributed by atoms with Gasteiger partial charge in [-0.1, -0.05) is 0 Å². The van der Waals surface area contributed by atoms with Crippen LogP contribution >= 0.6 is 11.3 Å². The molecule has 0 amide bonds. The summed E-state index contributed by atoms with van der Waals surface area (Å²) < 4.78 is 13.4. The van der Waals surface area contributed by atoms with Gasteiger partial charge in [0.1, 0.15) is 11.9 Å². The first-order valence-electron chi connectivity index (χ1n) is 5.62. The Labute approximate surface area is 110 Å². The molecule has 1 heterocycles. The summed E-state index contributed by atoms with van der Waals surface area (Å²) in [5, 5.41) is 11.9. The zero-order valence-electron chi connectivity index (χ0n) is 10.2. The van der Waals surface area contributed by atoms with E-state index in [1.54, 1.807) is 17.4 Å². The normalized spacial score (nSPS) is 11.9. The Kier molecular flexibility index (Phi) is 3.63. The van der Waals surface area contributed by atoms with Crippen molar-refractivity contribution in [3.63, 3.8) is 0 Å². The minimum absolute atomic E-state index is 0.0696. The van der Waals surface area contributed by atoms with Gasteiger partial charge in [-0.05, 0) is 44.2 Å². The van der Waals surface area contributed by atoms with E-state index in [9.17, 15) is 4.39 Å². The zero-order valence-corrected chi connectivity index (χ0v) is 11.0. The Balaban J connectivity index is 2.15. The quantitative estimate of drug-likeness (QED) is 0.896. The fourth-order valence-electron chi connectivity index (χ4n) is 1.70. The summed E-state index contributed by atoms with van der Waals surface area (Å²) in [4.78, 5) is 2.46. The highest BCUT2D eigenvalue weighted by molar-refractivity contribution is 7.12. The molecule has 0 radical (unpaired) electrons. The molecule has 0 spiro atoms. The van der Waals surface area contributed by atoms with Crippen LogP contribution in [-0.2, 0) is 0 Å². The standard InChI is InChI=1S/C14H13FN2S/c1-9-3-6-14(18-9)10(2)17-12-5-4-11(8-16)13(15)7-12/h3-7,10,17H,1-2H3. The summed E-state index contributed by atoms with van der Waals surface area (Å²) in [6, 6.07) is 10.6. The Bertz CT molecular complexity index is 598. The molecular formula is C14H13FN2S. The number of rotatable bonds is 3. The maximum absolute atomic E-state index is 13.4. The van der Waals surface area contributed by atoms with Crippen LogP contribution in [0.1, 0.15) is 28.3 Å². The third-order valence-corrected chi connectivity index (χ3v) is 3.84. The van der Waals surface area contributed by atoms with Crippen molar-refractivity contribution in [1.82, 2.24) is 0 Å². The van der Waals surface area contributed by atoms with Gasteiger partial charge in [-0.25, -0.2) is 4.39 Å². The molecule has 1 aromatic carbocycles. The predicted molar refractivity (Wildman–Crippen MR) is 72.2 cm³/mol. The molecule has 0 saturated carbocycles. The van der Waals surface area contributed by atoms with E-state index < -0.39 is 5.82 Å². The van der Waals surface area contributed by atoms with Gasteiger partial charge in [-0.3, -0.25) is 0 Å². The first-order chi connectivity index (χ1) is 8.60. The van der Waals surface area contributed by atoms with Gasteiger partial charge in [0.25, 0.3) is 0 Å². The molecule has 1 aromatic heterocycles. The molecule has 2 aromatic rings. The number of halogens is 1. The van der Waals surface area contributed by atoms with Crippen LogP contribution in [0.2, 0.25) is 0 Å². The van der Waals surface area contributed by atoms with Crippen molar-refractivity contribution in [2.24, 2.45) is 0 Å². The molecule has 1 N–H and O–H groups in total. The van der Waals surface area contributed by atoms with Crippen LogP contribution in [0, 0.1) is 24.1 Å². The molecule has 18 heavy (non-hydrogen) atoms. The van der Waals surface area contributed by atoms with Gasteiger partial charge in [-0.15, -0.1) is 11.3 Å². The van der Waals surface area contributed by atoms with Gasteiger partial charge in [0.05, 0.1) is 11.6 Å². The fraction of sp³-hybridized carbons (Fsp3) is 0.214. The van der Waals surface area contributed by atoms with Crippen molar-refractivity contribution in [2.45, 2.75) is 19.9 Å². The number of benzene rings is 1. The molecule has 0 saturated heterocycles. The number of hydrogen-bond donors (Lipinski definition) is 1. The molecule has 1 atom stereocenters. The number of hydrogen-bond acceptors (Lipinski definition) is 3. The van der Waals surface area contributed by atoms with E-state index in [-0.39, 0.29) is 11.6 Å². The third-order valence-electron chi connectivity index (χ3n) is 2.66. The number of nitrogens with one attached hydrogen (secondary N) is 1. The van der Waals surface area contributed by atoms with E-state index in [2.05, 4.69) is 24.4 Å². The third kappa shape index (κ3) is 2.69. The van der Waals surface area contributed by atoms with Gasteiger partial charge in [0.2, 0.25) is 0 Å². The Morgan fingerprint density at radius 2 is 2.11 bits per heavy atom. The lowest BCUT2D eigenvalue weighted by Crippen LogP contribution is -2.05. The van der Waals surface area contributed by atoms with Crippen molar-refractivity contribution < 1.29 is 4.39 Å². The molecule has 0 fully saturated rings. The van der Waals surface area contributed by atoms with E-state index in [0.29, 0.717) is 5.69 Å². The smallest absolute Gasteiger partial charge is 0.143 e. The molecule has 2 nitrogen and oxygen atoms in total. The highest BCUT2D eigenvalue weighted by Crippen LogP contribution is 2.26. The summed E-state index contributed by atoms with van der Waals surface area (Å²) in [6.07, 6.45) is 0. The second-order valence-corrected chi connectivity index (χ2v) is 5.44. The Hall–Kier alpha value is -1.86. The predicted octanol–water partition coefficient (Wildman–Crippen LogP) is 4.24. The first-order valence-corrected chi connectivity index (χ1v) is 6.44. The van der Waals surface area contributed by atoms with Gasteiger partial charge >= 0.3 is 0 Å². The van der Waals surface area contributed by atoms with E-state index in [4.69, 9.17) is 5.26 Å². The van der Waals surface area contributed by atoms with Crippen molar-refractivity contribution in [3.8, 4) is 6.07 Å². The van der Waals surface area contributed by atoms with E-state index in [0.717, 1.165) is 0 Å². The maximum Gasteiger partial charge on any atom is 0.143 e. The van der Waals surface area contributed by atoms with Gasteiger partial charge in [0, 0.05) is 15.4 Å². The molecular weight excluding hydrogens is 247 g/mol. The van der Waals surface area contributed by atoms with E-state index >= 15 is 0 Å². The van der Waals surface area contributed by atoms with Gasteiger partial charge in [0.15, 0.2) is 0 Å². The molecule has 0 aliphatic heterocycles. The van der Waals surface area contributed by atoms with Crippen LogP contribution in [0.15, 0.2) is 30.3 Å². The fourth-order valence-corrected chi connectivity index (χ4v) is 2.58. The van der Waals surface area contributed by atoms with Crippen LogP contribution in [0.4, 0.5) is 10.1 Å². The number of anilines is 1. The van der Waals surface area contributed by atoms with Crippen LogP contribution in [0.25, 0.3) is 0 Å². The zero-order chi connectivity index (χ0) is 13.1. The maximum atomic E-state index is 13.4. The minimum Gasteiger partial charge on any atom is -0.378 e. The van der Waals surface area contributed by atoms with Crippen LogP contribution in [0.5, 0.6) is 0 Å². The lowest BCUT2D eigenvalue weighted by atomic mass is 10.2. The highest BCUT2D eigenvalue weighted by Gasteiger charge is 2.09. The Morgan fingerprint density at radius 3 is 2.67 bits per heavy atom. The lowest BCUT2D eigenvalue weighted by Gasteiger charge is -2.13. The Morgan fingerprint density at radius 1 is 1.33 bits per heavy atom. The van der Waals surface area contributed by atoms with Crippen molar-refractivity contribution in [3.05, 3.63) is 51.5 Å². The van der Waals surface area contributed by atoms with Gasteiger partial charge in [-0.2, -0.15) is 5.26 Å². The summed E-state index contributed by atoms with van der Waals surface area (Å²) in [5.41, 5.74) is 0.755. The number of nitrogens with zero attached hydrogens (tertiary/aromatic N) is 1. The average molecular weight is 260 g/mol. The molecule has 0 bridgehead atoms. The summed E-state index contributed by atoms with van der Waals surface area (Å²) in [6.45, 7) is 4.09. The van der Waals surface area contributed by atoms with Crippen LogP contribution in [-0.4, -0.2) is 0 Å². The number of aryl methyl sites for hydroxylation is 1. The summed E-state index contributed by atoms with van der Waals surface area (Å²) in [7, 11) is 0. The largest absolute Gasteiger partial charge is 0.378 e. The molecule has 0 aliphatic rings. The number of nitriles is 1. The number of thiophene rings is 1. The monoisotopic (exact) mass is 260 g/mol. The first kappa shape index (κ1) is 12.6. The van der Waals surface area contributed by atoms with Crippen LogP contribution in [0.3, 0.4) is 0 Å². The highest BCUT2D eigenvalue weighted by atomic mass is 32.1. The van der Waals surface area contributed by atoms with Crippen molar-refractivity contribution >= 4 is 17.0 Å². The molecule has 0 aliphatic carbocycles. The topological polar surface area (TPSA) is 35.8 Å². The lowest BCUT2D eigenvalue weighted by molar-refractivity contribution is 0.624. The van der Waals surface area contributed by atoms with Crippen LogP contribution < -0.4 is 5.32 Å². The average Bonchev–Trinajstić information content (AvgIpc) is 2.76. The minimum atomic E-state index is -0.489. The molecule has 92 valence electrons. The second-order valence-electron chi connectivity index (χ2n) is 4.12. The van der Waals surface area contributed by atoms with Crippen molar-refractivity contribution in [2.75, 3.05) is 5.32 Å². The molecule has 2 rings (SSSR count). The van der Waals surface area contributed by atoms with Crippen molar-refractivity contribution in [1.29, 1.82) is 5.26 Å².